The van der Waals surface area contributed by atoms with E-state index in [1.807, 2.05) is 0 Å². The number of nitrogens with one attached hydrogen (secondary N) is 1. The molecule has 11 heavy (non-hydrogen) atoms. The van der Waals surface area contributed by atoms with Crippen molar-refractivity contribution in [1.29, 1.82) is 0 Å². The third-order valence-electron chi connectivity index (χ3n) is 2.87. The van der Waals surface area contributed by atoms with Gasteiger partial charge in [-0.05, 0) is 25.3 Å². The minimum absolute atomic E-state index is 0.227. The van der Waals surface area contributed by atoms with Crippen LogP contribution in [-0.2, 0) is 4.79 Å². The lowest BCUT2D eigenvalue weighted by Gasteiger charge is -2.16. The van der Waals surface area contributed by atoms with Crippen LogP contribution in [-0.4, -0.2) is 17.9 Å². The molecule has 2 heteroatoms. The van der Waals surface area contributed by atoms with Crippen LogP contribution >= 0.6 is 0 Å². The number of rotatable bonds is 2. The highest BCUT2D eigenvalue weighted by Gasteiger charge is 2.41. The fourth-order valence-corrected chi connectivity index (χ4v) is 2.29. The van der Waals surface area contributed by atoms with Crippen molar-refractivity contribution in [3.05, 3.63) is 12.7 Å². The summed E-state index contributed by atoms with van der Waals surface area (Å²) in [4.78, 5) is 11.2. The molecule has 0 spiro atoms. The lowest BCUT2D eigenvalue weighted by molar-refractivity contribution is -0.118. The molecule has 2 nitrogen and oxygen atoms in total. The Morgan fingerprint density at radius 1 is 1.55 bits per heavy atom. The number of fused-ring (bicyclic) bond motifs is 2. The van der Waals surface area contributed by atoms with Crippen LogP contribution in [0.15, 0.2) is 12.7 Å². The van der Waals surface area contributed by atoms with E-state index in [9.17, 15) is 4.79 Å². The molecule has 3 atom stereocenters. The standard InChI is InChI=1S/C9H13NO/c1-2-9(11)7-5-6-3-4-8(7)10-6/h2,6-8,10H,1,3-5H2. The molecule has 60 valence electrons. The smallest absolute Gasteiger partial charge is 0.159 e. The van der Waals surface area contributed by atoms with Gasteiger partial charge < -0.3 is 5.32 Å². The van der Waals surface area contributed by atoms with Crippen molar-refractivity contribution in [1.82, 2.24) is 5.32 Å². The molecule has 2 saturated heterocycles. The summed E-state index contributed by atoms with van der Waals surface area (Å²) in [5.41, 5.74) is 0. The van der Waals surface area contributed by atoms with Gasteiger partial charge in [0.15, 0.2) is 5.78 Å². The van der Waals surface area contributed by atoms with Crippen LogP contribution in [0.4, 0.5) is 0 Å². The number of hydrogen-bond donors (Lipinski definition) is 1. The first-order valence-corrected chi connectivity index (χ1v) is 4.23. The van der Waals surface area contributed by atoms with Gasteiger partial charge in [-0.1, -0.05) is 6.58 Å². The topological polar surface area (TPSA) is 29.1 Å². The van der Waals surface area contributed by atoms with Gasteiger partial charge in [0.25, 0.3) is 0 Å². The van der Waals surface area contributed by atoms with E-state index in [2.05, 4.69) is 11.9 Å². The highest BCUT2D eigenvalue weighted by Crippen LogP contribution is 2.33. The van der Waals surface area contributed by atoms with Crippen LogP contribution in [0.25, 0.3) is 0 Å². The fraction of sp³-hybridized carbons (Fsp3) is 0.667. The quantitative estimate of drug-likeness (QED) is 0.594. The number of carbonyl (C=O) groups excluding carboxylic acids is 1. The second-order valence-corrected chi connectivity index (χ2v) is 3.50. The van der Waals surface area contributed by atoms with Crippen LogP contribution < -0.4 is 5.32 Å². The molecule has 0 aromatic heterocycles. The summed E-state index contributed by atoms with van der Waals surface area (Å²) in [6.45, 7) is 3.51. The van der Waals surface area contributed by atoms with Gasteiger partial charge in [0.2, 0.25) is 0 Å². The SMILES string of the molecule is C=CC(=O)C1CC2CCC1N2. The fourth-order valence-electron chi connectivity index (χ4n) is 2.29. The van der Waals surface area contributed by atoms with Crippen molar-refractivity contribution in [2.75, 3.05) is 0 Å². The summed E-state index contributed by atoms with van der Waals surface area (Å²) >= 11 is 0. The summed E-state index contributed by atoms with van der Waals surface area (Å²) in [7, 11) is 0. The van der Waals surface area contributed by atoms with Gasteiger partial charge in [0, 0.05) is 18.0 Å². The van der Waals surface area contributed by atoms with Crippen molar-refractivity contribution >= 4 is 5.78 Å². The predicted octanol–water partition coefficient (Wildman–Crippen LogP) is 0.882. The molecule has 0 aliphatic carbocycles. The van der Waals surface area contributed by atoms with Crippen LogP contribution in [0.3, 0.4) is 0 Å². The van der Waals surface area contributed by atoms with E-state index in [1.165, 1.54) is 18.9 Å². The maximum absolute atomic E-state index is 11.2. The Kier molecular flexibility index (Phi) is 1.57. The van der Waals surface area contributed by atoms with E-state index in [0.29, 0.717) is 12.1 Å². The van der Waals surface area contributed by atoms with Crippen molar-refractivity contribution in [2.24, 2.45) is 5.92 Å². The molecular formula is C9H13NO. The monoisotopic (exact) mass is 151 g/mol. The molecule has 0 aromatic rings. The van der Waals surface area contributed by atoms with E-state index in [4.69, 9.17) is 0 Å². The normalized spacial score (nSPS) is 40.9. The van der Waals surface area contributed by atoms with Gasteiger partial charge >= 0.3 is 0 Å². The number of hydrogen-bond acceptors (Lipinski definition) is 2. The van der Waals surface area contributed by atoms with Gasteiger partial charge in [-0.15, -0.1) is 0 Å². The molecule has 3 unspecified atom stereocenters. The van der Waals surface area contributed by atoms with Crippen LogP contribution in [0, 0.1) is 5.92 Å². The van der Waals surface area contributed by atoms with Crippen molar-refractivity contribution < 1.29 is 4.79 Å². The lowest BCUT2D eigenvalue weighted by atomic mass is 9.86. The molecule has 0 saturated carbocycles. The average molecular weight is 151 g/mol. The number of allylic oxidation sites excluding steroid dienone is 1. The summed E-state index contributed by atoms with van der Waals surface area (Å²) in [5.74, 6) is 0.468. The van der Waals surface area contributed by atoms with Gasteiger partial charge in [0.1, 0.15) is 0 Å². The minimum Gasteiger partial charge on any atom is -0.310 e. The summed E-state index contributed by atoms with van der Waals surface area (Å²) in [6, 6.07) is 1.08. The Hall–Kier alpha value is -0.630. The molecule has 0 radical (unpaired) electrons. The molecule has 0 amide bonds. The van der Waals surface area contributed by atoms with Crippen molar-refractivity contribution in [3.63, 3.8) is 0 Å². The minimum atomic E-state index is 0.227. The predicted molar refractivity (Wildman–Crippen MR) is 43.3 cm³/mol. The molecule has 2 bridgehead atoms. The highest BCUT2D eigenvalue weighted by atomic mass is 16.1. The van der Waals surface area contributed by atoms with E-state index in [0.717, 1.165) is 6.42 Å². The van der Waals surface area contributed by atoms with E-state index < -0.39 is 0 Å². The maximum Gasteiger partial charge on any atom is 0.159 e. The first-order valence-electron chi connectivity index (χ1n) is 4.23. The first kappa shape index (κ1) is 7.04. The average Bonchev–Trinajstić information content (AvgIpc) is 2.62. The van der Waals surface area contributed by atoms with Gasteiger partial charge in [-0.2, -0.15) is 0 Å². The van der Waals surface area contributed by atoms with Gasteiger partial charge in [-0.3, -0.25) is 4.79 Å². The Morgan fingerprint density at radius 2 is 2.36 bits per heavy atom. The van der Waals surface area contributed by atoms with E-state index in [-0.39, 0.29) is 11.7 Å². The third-order valence-corrected chi connectivity index (χ3v) is 2.87. The Morgan fingerprint density at radius 3 is 2.82 bits per heavy atom. The van der Waals surface area contributed by atoms with Gasteiger partial charge in [0.05, 0.1) is 0 Å². The zero-order valence-corrected chi connectivity index (χ0v) is 6.55. The Bertz CT molecular complexity index is 200. The second kappa shape index (κ2) is 2.45. The highest BCUT2D eigenvalue weighted by molar-refractivity contribution is 5.92. The summed E-state index contributed by atoms with van der Waals surface area (Å²) in [5, 5.41) is 3.42. The van der Waals surface area contributed by atoms with Gasteiger partial charge in [-0.25, -0.2) is 0 Å². The Labute approximate surface area is 66.7 Å². The van der Waals surface area contributed by atoms with Crippen LogP contribution in [0.5, 0.6) is 0 Å². The number of carbonyl (C=O) groups is 1. The summed E-state index contributed by atoms with van der Waals surface area (Å²) < 4.78 is 0. The first-order chi connectivity index (χ1) is 5.31. The maximum atomic E-state index is 11.2. The molecule has 1 N–H and O–H groups in total. The zero-order chi connectivity index (χ0) is 7.84. The molecular weight excluding hydrogens is 138 g/mol. The van der Waals surface area contributed by atoms with Crippen molar-refractivity contribution in [3.8, 4) is 0 Å². The van der Waals surface area contributed by atoms with Crippen LogP contribution in [0.1, 0.15) is 19.3 Å². The van der Waals surface area contributed by atoms with E-state index >= 15 is 0 Å². The van der Waals surface area contributed by atoms with Crippen molar-refractivity contribution in [2.45, 2.75) is 31.3 Å². The third kappa shape index (κ3) is 1.02. The second-order valence-electron chi connectivity index (χ2n) is 3.50. The van der Waals surface area contributed by atoms with E-state index in [1.54, 1.807) is 0 Å². The molecule has 2 rings (SSSR count). The lowest BCUT2D eigenvalue weighted by Crippen LogP contribution is -2.27. The molecule has 2 heterocycles. The largest absolute Gasteiger partial charge is 0.310 e. The number of ketones is 1. The van der Waals surface area contributed by atoms with Crippen LogP contribution in [0.2, 0.25) is 0 Å². The zero-order valence-electron chi connectivity index (χ0n) is 6.55. The molecule has 0 aromatic carbocycles. The summed E-state index contributed by atoms with van der Waals surface area (Å²) in [6.07, 6.45) is 4.93. The Balaban J connectivity index is 2.07. The molecule has 2 aliphatic heterocycles. The molecule has 2 aliphatic rings. The molecule has 2 fully saturated rings.